The van der Waals surface area contributed by atoms with E-state index in [1.54, 1.807) is 30.5 Å². The topological polar surface area (TPSA) is 59.1 Å². The van der Waals surface area contributed by atoms with Crippen LogP contribution >= 0.6 is 11.6 Å². The molecule has 0 aliphatic carbocycles. The number of anilines is 1. The van der Waals surface area contributed by atoms with E-state index in [9.17, 15) is 8.42 Å². The lowest BCUT2D eigenvalue weighted by Crippen LogP contribution is -2.13. The monoisotopic (exact) mass is 394 g/mol. The van der Waals surface area contributed by atoms with Crippen molar-refractivity contribution >= 4 is 38.1 Å². The van der Waals surface area contributed by atoms with Gasteiger partial charge in [-0.2, -0.15) is 0 Å². The number of hydrogen-bond acceptors (Lipinski definition) is 3. The number of para-hydroxylation sites is 1. The molecule has 0 aliphatic rings. The molecule has 0 fully saturated rings. The summed E-state index contributed by atoms with van der Waals surface area (Å²) in [6, 6.07) is 23.1. The molecule has 0 saturated carbocycles. The third-order valence-corrected chi connectivity index (χ3v) is 5.86. The molecule has 1 aromatic heterocycles. The second kappa shape index (κ2) is 7.02. The molecule has 0 bridgehead atoms. The highest BCUT2D eigenvalue weighted by molar-refractivity contribution is 7.92. The third kappa shape index (κ3) is 3.52. The van der Waals surface area contributed by atoms with Crippen LogP contribution in [0.25, 0.3) is 22.0 Å². The van der Waals surface area contributed by atoms with Crippen molar-refractivity contribution in [2.75, 3.05) is 4.72 Å². The Morgan fingerprint density at radius 1 is 0.815 bits per heavy atom. The van der Waals surface area contributed by atoms with E-state index in [-0.39, 0.29) is 4.90 Å². The molecule has 4 rings (SSSR count). The van der Waals surface area contributed by atoms with Crippen LogP contribution in [0.3, 0.4) is 0 Å². The predicted octanol–water partition coefficient (Wildman–Crippen LogP) is 5.36. The summed E-state index contributed by atoms with van der Waals surface area (Å²) < 4.78 is 28.2. The molecule has 0 spiro atoms. The Morgan fingerprint density at radius 2 is 1.52 bits per heavy atom. The minimum Gasteiger partial charge on any atom is -0.279 e. The smallest absolute Gasteiger partial charge is 0.261 e. The predicted molar refractivity (Wildman–Crippen MR) is 109 cm³/mol. The SMILES string of the molecule is O=S(=O)(Nc1ccccc1-c1nccc2ccccc12)c1ccc(Cl)cc1. The number of aromatic nitrogens is 1. The molecule has 3 aromatic carbocycles. The standard InChI is InChI=1S/C21H15ClN2O2S/c22-16-9-11-17(12-10-16)27(25,26)24-20-8-4-3-7-19(20)21-18-6-2-1-5-15(18)13-14-23-21/h1-14,24H. The van der Waals surface area contributed by atoms with Crippen molar-refractivity contribution in [3.63, 3.8) is 0 Å². The van der Waals surface area contributed by atoms with E-state index < -0.39 is 10.0 Å². The van der Waals surface area contributed by atoms with Gasteiger partial charge in [-0.25, -0.2) is 8.42 Å². The van der Waals surface area contributed by atoms with Crippen LogP contribution < -0.4 is 4.72 Å². The summed E-state index contributed by atoms with van der Waals surface area (Å²) in [5, 5.41) is 2.48. The molecule has 0 saturated heterocycles. The van der Waals surface area contributed by atoms with Gasteiger partial charge in [0.1, 0.15) is 0 Å². The second-order valence-electron chi connectivity index (χ2n) is 5.99. The van der Waals surface area contributed by atoms with Crippen molar-refractivity contribution in [3.05, 3.63) is 90.1 Å². The summed E-state index contributed by atoms with van der Waals surface area (Å²) in [5.74, 6) is 0. The van der Waals surface area contributed by atoms with Gasteiger partial charge in [-0.15, -0.1) is 0 Å². The molecule has 6 heteroatoms. The summed E-state index contributed by atoms with van der Waals surface area (Å²) in [7, 11) is -3.75. The lowest BCUT2D eigenvalue weighted by Gasteiger charge is -2.14. The number of nitrogens with zero attached hydrogens (tertiary/aromatic N) is 1. The van der Waals surface area contributed by atoms with Crippen LogP contribution in [0.5, 0.6) is 0 Å². The first-order valence-electron chi connectivity index (χ1n) is 8.26. The molecule has 1 heterocycles. The average molecular weight is 395 g/mol. The van der Waals surface area contributed by atoms with Crippen LogP contribution in [0.4, 0.5) is 5.69 Å². The maximum absolute atomic E-state index is 12.8. The van der Waals surface area contributed by atoms with Gasteiger partial charge in [0.25, 0.3) is 10.0 Å². The van der Waals surface area contributed by atoms with E-state index in [4.69, 9.17) is 11.6 Å². The Kier molecular flexibility index (Phi) is 4.56. The highest BCUT2D eigenvalue weighted by Gasteiger charge is 2.17. The second-order valence-corrected chi connectivity index (χ2v) is 8.10. The molecule has 0 atom stereocenters. The van der Waals surface area contributed by atoms with Gasteiger partial charge in [0.05, 0.1) is 16.3 Å². The van der Waals surface area contributed by atoms with Crippen molar-refractivity contribution in [2.24, 2.45) is 0 Å². The molecule has 0 aliphatic heterocycles. The van der Waals surface area contributed by atoms with E-state index >= 15 is 0 Å². The highest BCUT2D eigenvalue weighted by Crippen LogP contribution is 2.33. The largest absolute Gasteiger partial charge is 0.279 e. The molecule has 4 aromatic rings. The first kappa shape index (κ1) is 17.5. The lowest BCUT2D eigenvalue weighted by molar-refractivity contribution is 0.601. The number of pyridine rings is 1. The Morgan fingerprint density at radius 3 is 2.33 bits per heavy atom. The molecule has 134 valence electrons. The van der Waals surface area contributed by atoms with Gasteiger partial charge < -0.3 is 0 Å². The number of fused-ring (bicyclic) bond motifs is 1. The lowest BCUT2D eigenvalue weighted by atomic mass is 10.0. The average Bonchev–Trinajstić information content (AvgIpc) is 2.68. The van der Waals surface area contributed by atoms with Crippen molar-refractivity contribution in [1.82, 2.24) is 4.98 Å². The first-order valence-corrected chi connectivity index (χ1v) is 10.1. The minimum atomic E-state index is -3.75. The van der Waals surface area contributed by atoms with E-state index in [0.29, 0.717) is 16.3 Å². The van der Waals surface area contributed by atoms with Crippen LogP contribution in [0.15, 0.2) is 90.0 Å². The zero-order valence-electron chi connectivity index (χ0n) is 14.1. The highest BCUT2D eigenvalue weighted by atomic mass is 35.5. The fraction of sp³-hybridized carbons (Fsp3) is 0. The number of nitrogens with one attached hydrogen (secondary N) is 1. The molecule has 27 heavy (non-hydrogen) atoms. The number of rotatable bonds is 4. The van der Waals surface area contributed by atoms with Crippen LogP contribution in [-0.2, 0) is 10.0 Å². The van der Waals surface area contributed by atoms with Crippen LogP contribution in [-0.4, -0.2) is 13.4 Å². The molecular formula is C21H15ClN2O2S. The number of benzene rings is 3. The Bertz CT molecular complexity index is 1220. The zero-order chi connectivity index (χ0) is 18.9. The molecule has 0 unspecified atom stereocenters. The van der Waals surface area contributed by atoms with E-state index in [1.165, 1.54) is 12.1 Å². The number of hydrogen-bond donors (Lipinski definition) is 1. The summed E-state index contributed by atoms with van der Waals surface area (Å²) in [6.45, 7) is 0. The minimum absolute atomic E-state index is 0.146. The van der Waals surface area contributed by atoms with Crippen molar-refractivity contribution in [2.45, 2.75) is 4.90 Å². The molecular weight excluding hydrogens is 380 g/mol. The van der Waals surface area contributed by atoms with Gasteiger partial charge in [0.15, 0.2) is 0 Å². The van der Waals surface area contributed by atoms with Crippen molar-refractivity contribution < 1.29 is 8.42 Å². The van der Waals surface area contributed by atoms with Crippen LogP contribution in [0.2, 0.25) is 5.02 Å². The molecule has 4 nitrogen and oxygen atoms in total. The number of halogens is 1. The molecule has 0 radical (unpaired) electrons. The van der Waals surface area contributed by atoms with Gasteiger partial charge >= 0.3 is 0 Å². The van der Waals surface area contributed by atoms with E-state index in [2.05, 4.69) is 9.71 Å². The van der Waals surface area contributed by atoms with E-state index in [0.717, 1.165) is 16.5 Å². The molecule has 1 N–H and O–H groups in total. The zero-order valence-corrected chi connectivity index (χ0v) is 15.7. The maximum Gasteiger partial charge on any atom is 0.261 e. The van der Waals surface area contributed by atoms with Crippen molar-refractivity contribution in [3.8, 4) is 11.3 Å². The summed E-state index contributed by atoms with van der Waals surface area (Å²) in [4.78, 5) is 4.65. The summed E-state index contributed by atoms with van der Waals surface area (Å²) in [5.41, 5.74) is 1.91. The molecule has 0 amide bonds. The first-order chi connectivity index (χ1) is 13.0. The van der Waals surface area contributed by atoms with Gasteiger partial charge in [-0.05, 0) is 41.8 Å². The fourth-order valence-corrected chi connectivity index (χ4v) is 4.14. The van der Waals surface area contributed by atoms with Gasteiger partial charge in [0, 0.05) is 22.2 Å². The summed E-state index contributed by atoms with van der Waals surface area (Å²) in [6.07, 6.45) is 1.72. The third-order valence-electron chi connectivity index (χ3n) is 4.22. The Balaban J connectivity index is 1.81. The fourth-order valence-electron chi connectivity index (χ4n) is 2.93. The quantitative estimate of drug-likeness (QED) is 0.507. The number of sulfonamides is 1. The van der Waals surface area contributed by atoms with Crippen LogP contribution in [0.1, 0.15) is 0 Å². The Labute approximate surface area is 162 Å². The summed E-state index contributed by atoms with van der Waals surface area (Å²) >= 11 is 5.86. The van der Waals surface area contributed by atoms with Gasteiger partial charge in [-0.3, -0.25) is 9.71 Å². The van der Waals surface area contributed by atoms with E-state index in [1.807, 2.05) is 42.5 Å². The van der Waals surface area contributed by atoms with Crippen LogP contribution in [0, 0.1) is 0 Å². The van der Waals surface area contributed by atoms with Crippen molar-refractivity contribution in [1.29, 1.82) is 0 Å². The van der Waals surface area contributed by atoms with Gasteiger partial charge in [-0.1, -0.05) is 54.1 Å². The van der Waals surface area contributed by atoms with Gasteiger partial charge in [0.2, 0.25) is 0 Å². The maximum atomic E-state index is 12.8. The Hall–Kier alpha value is -2.89. The normalized spacial score (nSPS) is 11.4.